The summed E-state index contributed by atoms with van der Waals surface area (Å²) in [6, 6.07) is 0.640. The summed E-state index contributed by atoms with van der Waals surface area (Å²) < 4.78 is 5.39. The summed E-state index contributed by atoms with van der Waals surface area (Å²) in [4.78, 5) is 4.16. The lowest BCUT2D eigenvalue weighted by Crippen LogP contribution is -2.33. The number of nitrogens with one attached hydrogen (secondary N) is 1. The minimum absolute atomic E-state index is 0.640. The van der Waals surface area contributed by atoms with Crippen molar-refractivity contribution in [1.29, 1.82) is 0 Å². The number of hydrogen-bond donors (Lipinski definition) is 1. The van der Waals surface area contributed by atoms with E-state index in [1.54, 1.807) is 6.20 Å². The fraction of sp³-hybridized carbons (Fsp3) is 0.700. The van der Waals surface area contributed by atoms with Crippen LogP contribution in [-0.4, -0.2) is 22.5 Å². The third kappa shape index (κ3) is 2.75. The van der Waals surface area contributed by atoms with Crippen molar-refractivity contribution in [1.82, 2.24) is 10.3 Å². The van der Waals surface area contributed by atoms with Gasteiger partial charge in [0.15, 0.2) is 0 Å². The van der Waals surface area contributed by atoms with E-state index in [2.05, 4.69) is 10.3 Å². The van der Waals surface area contributed by atoms with Gasteiger partial charge in [-0.25, -0.2) is 4.98 Å². The molecule has 1 aliphatic rings. The van der Waals surface area contributed by atoms with Crippen molar-refractivity contribution in [2.45, 2.75) is 32.4 Å². The lowest BCUT2D eigenvalue weighted by atomic mass is 10.2. The summed E-state index contributed by atoms with van der Waals surface area (Å²) in [7, 11) is 0. The van der Waals surface area contributed by atoms with Crippen LogP contribution in [0.25, 0.3) is 0 Å². The van der Waals surface area contributed by atoms with E-state index in [4.69, 9.17) is 4.42 Å². The Kier molecular flexibility index (Phi) is 3.48. The van der Waals surface area contributed by atoms with Gasteiger partial charge in [-0.05, 0) is 25.5 Å². The Morgan fingerprint density at radius 3 is 3.29 bits per heavy atom. The summed E-state index contributed by atoms with van der Waals surface area (Å²) in [6.07, 6.45) is 4.38. The van der Waals surface area contributed by atoms with Gasteiger partial charge in [0.1, 0.15) is 5.76 Å². The normalized spacial score (nSPS) is 22.5. The van der Waals surface area contributed by atoms with E-state index in [0.717, 1.165) is 18.2 Å². The SMILES string of the molecule is Cc1cnc(CNC2CCCSC2)o1. The van der Waals surface area contributed by atoms with Gasteiger partial charge >= 0.3 is 0 Å². The second kappa shape index (κ2) is 4.84. The predicted molar refractivity (Wildman–Crippen MR) is 58.4 cm³/mol. The van der Waals surface area contributed by atoms with E-state index in [1.807, 2.05) is 18.7 Å². The van der Waals surface area contributed by atoms with E-state index < -0.39 is 0 Å². The molecule has 1 aliphatic heterocycles. The van der Waals surface area contributed by atoms with Crippen LogP contribution in [0.1, 0.15) is 24.5 Å². The van der Waals surface area contributed by atoms with Gasteiger partial charge < -0.3 is 9.73 Å². The van der Waals surface area contributed by atoms with Crippen LogP contribution in [0.2, 0.25) is 0 Å². The minimum Gasteiger partial charge on any atom is -0.445 e. The number of thioether (sulfide) groups is 1. The van der Waals surface area contributed by atoms with Crippen LogP contribution >= 0.6 is 11.8 Å². The molecule has 0 aromatic carbocycles. The molecule has 0 amide bonds. The van der Waals surface area contributed by atoms with Crippen LogP contribution in [0.3, 0.4) is 0 Å². The highest BCUT2D eigenvalue weighted by atomic mass is 32.2. The number of rotatable bonds is 3. The molecule has 1 N–H and O–H groups in total. The molecule has 1 saturated heterocycles. The molecule has 14 heavy (non-hydrogen) atoms. The number of nitrogens with zero attached hydrogens (tertiary/aromatic N) is 1. The highest BCUT2D eigenvalue weighted by molar-refractivity contribution is 7.99. The van der Waals surface area contributed by atoms with Crippen LogP contribution in [0.5, 0.6) is 0 Å². The first-order valence-corrected chi connectivity index (χ1v) is 6.22. The molecule has 4 heteroatoms. The van der Waals surface area contributed by atoms with E-state index in [-0.39, 0.29) is 0 Å². The van der Waals surface area contributed by atoms with Gasteiger partial charge in [-0.3, -0.25) is 0 Å². The molecule has 3 nitrogen and oxygen atoms in total. The Morgan fingerprint density at radius 1 is 1.71 bits per heavy atom. The molecular formula is C10H16N2OS. The second-order valence-electron chi connectivity index (χ2n) is 3.66. The number of oxazole rings is 1. The second-order valence-corrected chi connectivity index (χ2v) is 4.81. The topological polar surface area (TPSA) is 38.1 Å². The number of aromatic nitrogens is 1. The van der Waals surface area contributed by atoms with Crippen molar-refractivity contribution >= 4 is 11.8 Å². The third-order valence-electron chi connectivity index (χ3n) is 2.37. The molecule has 1 aromatic heterocycles. The maximum Gasteiger partial charge on any atom is 0.208 e. The molecule has 1 fully saturated rings. The van der Waals surface area contributed by atoms with Gasteiger partial charge in [0.05, 0.1) is 12.7 Å². The predicted octanol–water partition coefficient (Wildman–Crippen LogP) is 1.97. The van der Waals surface area contributed by atoms with Gasteiger partial charge in [0, 0.05) is 11.8 Å². The zero-order valence-corrected chi connectivity index (χ0v) is 9.27. The molecule has 0 aliphatic carbocycles. The molecular weight excluding hydrogens is 196 g/mol. The molecule has 0 radical (unpaired) electrons. The minimum atomic E-state index is 0.640. The van der Waals surface area contributed by atoms with E-state index in [1.165, 1.54) is 24.3 Å². The summed E-state index contributed by atoms with van der Waals surface area (Å²) >= 11 is 2.03. The molecule has 1 unspecified atom stereocenters. The van der Waals surface area contributed by atoms with E-state index in [0.29, 0.717) is 6.04 Å². The van der Waals surface area contributed by atoms with Crippen molar-refractivity contribution in [3.05, 3.63) is 17.8 Å². The molecule has 0 saturated carbocycles. The Balaban J connectivity index is 1.76. The average molecular weight is 212 g/mol. The molecule has 1 aromatic rings. The Morgan fingerprint density at radius 2 is 2.64 bits per heavy atom. The fourth-order valence-electron chi connectivity index (χ4n) is 1.62. The van der Waals surface area contributed by atoms with Crippen molar-refractivity contribution in [2.24, 2.45) is 0 Å². The quantitative estimate of drug-likeness (QED) is 0.831. The zero-order valence-electron chi connectivity index (χ0n) is 8.45. The molecule has 0 bridgehead atoms. The zero-order chi connectivity index (χ0) is 9.80. The first-order valence-electron chi connectivity index (χ1n) is 5.07. The largest absolute Gasteiger partial charge is 0.445 e. The monoisotopic (exact) mass is 212 g/mol. The molecule has 78 valence electrons. The molecule has 2 heterocycles. The first kappa shape index (κ1) is 10.1. The standard InChI is InChI=1S/C10H16N2OS/c1-8-5-12-10(13-8)6-11-9-3-2-4-14-7-9/h5,9,11H,2-4,6-7H2,1H3. The van der Waals surface area contributed by atoms with Crippen molar-refractivity contribution in [2.75, 3.05) is 11.5 Å². The number of hydrogen-bond acceptors (Lipinski definition) is 4. The van der Waals surface area contributed by atoms with Crippen molar-refractivity contribution < 1.29 is 4.42 Å². The third-order valence-corrected chi connectivity index (χ3v) is 3.59. The van der Waals surface area contributed by atoms with Crippen LogP contribution in [0.4, 0.5) is 0 Å². The molecule has 2 rings (SSSR count). The Hall–Kier alpha value is -0.480. The van der Waals surface area contributed by atoms with E-state index >= 15 is 0 Å². The first-order chi connectivity index (χ1) is 6.84. The molecule has 0 spiro atoms. The maximum absolute atomic E-state index is 5.39. The summed E-state index contributed by atoms with van der Waals surface area (Å²) in [5.74, 6) is 4.23. The lowest BCUT2D eigenvalue weighted by molar-refractivity contribution is 0.419. The van der Waals surface area contributed by atoms with Crippen LogP contribution in [-0.2, 0) is 6.54 Å². The highest BCUT2D eigenvalue weighted by Gasteiger charge is 2.13. The Bertz CT molecular complexity index is 281. The van der Waals surface area contributed by atoms with Gasteiger partial charge in [0.2, 0.25) is 5.89 Å². The Labute approximate surface area is 88.7 Å². The van der Waals surface area contributed by atoms with Crippen molar-refractivity contribution in [3.8, 4) is 0 Å². The van der Waals surface area contributed by atoms with E-state index in [9.17, 15) is 0 Å². The summed E-state index contributed by atoms with van der Waals surface area (Å²) in [5.41, 5.74) is 0. The van der Waals surface area contributed by atoms with Crippen LogP contribution < -0.4 is 5.32 Å². The number of aryl methyl sites for hydroxylation is 1. The van der Waals surface area contributed by atoms with Gasteiger partial charge in [-0.15, -0.1) is 0 Å². The van der Waals surface area contributed by atoms with Crippen LogP contribution in [0.15, 0.2) is 10.6 Å². The van der Waals surface area contributed by atoms with Gasteiger partial charge in [0.25, 0.3) is 0 Å². The molecule has 1 atom stereocenters. The summed E-state index contributed by atoms with van der Waals surface area (Å²) in [6.45, 7) is 2.69. The smallest absolute Gasteiger partial charge is 0.208 e. The van der Waals surface area contributed by atoms with Gasteiger partial charge in [-0.1, -0.05) is 0 Å². The lowest BCUT2D eigenvalue weighted by Gasteiger charge is -2.21. The van der Waals surface area contributed by atoms with Crippen LogP contribution in [0, 0.1) is 6.92 Å². The van der Waals surface area contributed by atoms with Gasteiger partial charge in [-0.2, -0.15) is 11.8 Å². The average Bonchev–Trinajstić information content (AvgIpc) is 2.63. The van der Waals surface area contributed by atoms with Crippen molar-refractivity contribution in [3.63, 3.8) is 0 Å². The highest BCUT2D eigenvalue weighted by Crippen LogP contribution is 2.17. The maximum atomic E-state index is 5.39. The summed E-state index contributed by atoms with van der Waals surface area (Å²) in [5, 5.41) is 3.47. The fourth-order valence-corrected chi connectivity index (χ4v) is 2.72.